The van der Waals surface area contributed by atoms with Gasteiger partial charge in [-0.15, -0.1) is 0 Å². The molecule has 1 aliphatic carbocycles. The quantitative estimate of drug-likeness (QED) is 0.468. The molecule has 0 spiro atoms. The second-order valence-electron chi connectivity index (χ2n) is 7.29. The Morgan fingerprint density at radius 3 is 2.54 bits per heavy atom. The first kappa shape index (κ1) is 20.5. The molecule has 1 unspecified atom stereocenters. The zero-order valence-electron chi connectivity index (χ0n) is 16.4. The van der Waals surface area contributed by atoms with Gasteiger partial charge in [-0.2, -0.15) is 0 Å². The number of hydrogen-bond donors (Lipinski definition) is 3. The SMILES string of the molecule is CCCNC(=O)CN=C(NCC)NC1CCN(C(=O)C2CCCCC2)C1. The van der Waals surface area contributed by atoms with Gasteiger partial charge in [0.05, 0.1) is 0 Å². The lowest BCUT2D eigenvalue weighted by atomic mass is 9.88. The van der Waals surface area contributed by atoms with Crippen LogP contribution in [0.3, 0.4) is 0 Å². The van der Waals surface area contributed by atoms with E-state index in [9.17, 15) is 9.59 Å². The normalized spacial score (nSPS) is 21.5. The summed E-state index contributed by atoms with van der Waals surface area (Å²) in [7, 11) is 0. The van der Waals surface area contributed by atoms with Crippen LogP contribution in [-0.2, 0) is 9.59 Å². The van der Waals surface area contributed by atoms with Crippen molar-refractivity contribution in [2.75, 3.05) is 32.7 Å². The minimum absolute atomic E-state index is 0.0652. The van der Waals surface area contributed by atoms with Gasteiger partial charge >= 0.3 is 0 Å². The van der Waals surface area contributed by atoms with Gasteiger partial charge in [-0.25, -0.2) is 4.99 Å². The van der Waals surface area contributed by atoms with E-state index in [2.05, 4.69) is 20.9 Å². The first-order chi connectivity index (χ1) is 12.6. The summed E-state index contributed by atoms with van der Waals surface area (Å²) in [5, 5.41) is 9.39. The van der Waals surface area contributed by atoms with Crippen molar-refractivity contribution in [2.45, 2.75) is 64.8 Å². The monoisotopic (exact) mass is 365 g/mol. The fourth-order valence-corrected chi connectivity index (χ4v) is 3.67. The van der Waals surface area contributed by atoms with Gasteiger partial charge in [0.25, 0.3) is 0 Å². The molecule has 3 N–H and O–H groups in total. The van der Waals surface area contributed by atoms with Gasteiger partial charge < -0.3 is 20.9 Å². The number of carbonyl (C=O) groups is 2. The summed E-state index contributed by atoms with van der Waals surface area (Å²) in [5.41, 5.74) is 0. The molecule has 0 aromatic carbocycles. The summed E-state index contributed by atoms with van der Waals surface area (Å²) in [5.74, 6) is 1.14. The molecule has 1 saturated heterocycles. The number of likely N-dealkylation sites (tertiary alicyclic amines) is 1. The number of aliphatic imine (C=N–C) groups is 1. The van der Waals surface area contributed by atoms with Crippen molar-refractivity contribution in [1.29, 1.82) is 0 Å². The number of hydrogen-bond acceptors (Lipinski definition) is 3. The Kier molecular flexibility index (Phi) is 8.71. The fourth-order valence-electron chi connectivity index (χ4n) is 3.67. The third-order valence-corrected chi connectivity index (χ3v) is 5.09. The Hall–Kier alpha value is -1.79. The van der Waals surface area contributed by atoms with Gasteiger partial charge in [0.1, 0.15) is 6.54 Å². The van der Waals surface area contributed by atoms with Crippen molar-refractivity contribution in [2.24, 2.45) is 10.9 Å². The summed E-state index contributed by atoms with van der Waals surface area (Å²) < 4.78 is 0. The highest BCUT2D eigenvalue weighted by molar-refractivity contribution is 5.85. The van der Waals surface area contributed by atoms with Crippen molar-refractivity contribution in [3.8, 4) is 0 Å². The predicted molar refractivity (Wildman–Crippen MR) is 104 cm³/mol. The number of nitrogens with zero attached hydrogens (tertiary/aromatic N) is 2. The van der Waals surface area contributed by atoms with Crippen molar-refractivity contribution >= 4 is 17.8 Å². The number of nitrogens with one attached hydrogen (secondary N) is 3. The van der Waals surface area contributed by atoms with E-state index >= 15 is 0 Å². The number of amides is 2. The van der Waals surface area contributed by atoms with Gasteiger partial charge in [-0.05, 0) is 32.6 Å². The summed E-state index contributed by atoms with van der Waals surface area (Å²) in [6.45, 7) is 7.09. The smallest absolute Gasteiger partial charge is 0.241 e. The van der Waals surface area contributed by atoms with Crippen LogP contribution in [0.2, 0.25) is 0 Å². The van der Waals surface area contributed by atoms with Crippen molar-refractivity contribution < 1.29 is 9.59 Å². The Bertz CT molecular complexity index is 488. The average Bonchev–Trinajstić information content (AvgIpc) is 3.13. The van der Waals surface area contributed by atoms with Crippen molar-refractivity contribution in [3.05, 3.63) is 0 Å². The standard InChI is InChI=1S/C19H35N5O2/c1-3-11-21-17(25)13-22-19(20-4-2)23-16-10-12-24(14-16)18(26)15-8-6-5-7-9-15/h15-16H,3-14H2,1-2H3,(H,21,25)(H2,20,22,23). The van der Waals surface area contributed by atoms with Crippen LogP contribution in [-0.4, -0.2) is 61.4 Å². The summed E-state index contributed by atoms with van der Waals surface area (Å²) in [6, 6.07) is 0.194. The van der Waals surface area contributed by atoms with E-state index in [1.54, 1.807) is 0 Å². The van der Waals surface area contributed by atoms with Gasteiger partial charge in [0.2, 0.25) is 11.8 Å². The van der Waals surface area contributed by atoms with Crippen molar-refractivity contribution in [3.63, 3.8) is 0 Å². The number of carbonyl (C=O) groups excluding carboxylic acids is 2. The molecule has 0 aromatic rings. The minimum atomic E-state index is -0.0652. The molecule has 26 heavy (non-hydrogen) atoms. The maximum absolute atomic E-state index is 12.7. The molecule has 0 aromatic heterocycles. The molecular weight excluding hydrogens is 330 g/mol. The zero-order valence-corrected chi connectivity index (χ0v) is 16.4. The second kappa shape index (κ2) is 11.0. The third-order valence-electron chi connectivity index (χ3n) is 5.09. The molecule has 0 bridgehead atoms. The van der Waals surface area contributed by atoms with E-state index < -0.39 is 0 Å². The predicted octanol–water partition coefficient (Wildman–Crippen LogP) is 1.25. The molecule has 0 radical (unpaired) electrons. The lowest BCUT2D eigenvalue weighted by Gasteiger charge is -2.26. The van der Waals surface area contributed by atoms with Crippen LogP contribution in [0.5, 0.6) is 0 Å². The number of guanidine groups is 1. The Labute approximate surface area is 157 Å². The molecule has 1 saturated carbocycles. The lowest BCUT2D eigenvalue weighted by Crippen LogP contribution is -2.46. The van der Waals surface area contributed by atoms with Crippen LogP contribution in [0.1, 0.15) is 58.8 Å². The first-order valence-corrected chi connectivity index (χ1v) is 10.2. The van der Waals surface area contributed by atoms with Gasteiger partial charge in [-0.1, -0.05) is 26.2 Å². The van der Waals surface area contributed by atoms with E-state index in [1.807, 2.05) is 18.7 Å². The van der Waals surface area contributed by atoms with Crippen LogP contribution >= 0.6 is 0 Å². The maximum atomic E-state index is 12.7. The Morgan fingerprint density at radius 1 is 1.08 bits per heavy atom. The van der Waals surface area contributed by atoms with E-state index in [1.165, 1.54) is 19.3 Å². The molecule has 7 nitrogen and oxygen atoms in total. The molecule has 7 heteroatoms. The van der Waals surface area contributed by atoms with E-state index in [0.717, 1.165) is 45.3 Å². The van der Waals surface area contributed by atoms with E-state index in [-0.39, 0.29) is 24.4 Å². The highest BCUT2D eigenvalue weighted by atomic mass is 16.2. The van der Waals surface area contributed by atoms with Crippen LogP contribution < -0.4 is 16.0 Å². The summed E-state index contributed by atoms with van der Waals surface area (Å²) >= 11 is 0. The second-order valence-corrected chi connectivity index (χ2v) is 7.29. The van der Waals surface area contributed by atoms with Crippen LogP contribution in [0.15, 0.2) is 4.99 Å². The largest absolute Gasteiger partial charge is 0.357 e. The van der Waals surface area contributed by atoms with Gasteiger partial charge in [0.15, 0.2) is 5.96 Å². The maximum Gasteiger partial charge on any atom is 0.241 e. The fraction of sp³-hybridized carbons (Fsp3) is 0.842. The highest BCUT2D eigenvalue weighted by Crippen LogP contribution is 2.26. The topological polar surface area (TPSA) is 85.8 Å². The first-order valence-electron chi connectivity index (χ1n) is 10.2. The Balaban J connectivity index is 1.81. The van der Waals surface area contributed by atoms with Crippen molar-refractivity contribution in [1.82, 2.24) is 20.9 Å². The molecule has 1 heterocycles. The summed E-state index contributed by atoms with van der Waals surface area (Å²) in [6.07, 6.45) is 7.56. The average molecular weight is 366 g/mol. The minimum Gasteiger partial charge on any atom is -0.357 e. The third kappa shape index (κ3) is 6.50. The number of rotatable bonds is 7. The van der Waals surface area contributed by atoms with Crippen LogP contribution in [0.25, 0.3) is 0 Å². The van der Waals surface area contributed by atoms with Crippen LogP contribution in [0, 0.1) is 5.92 Å². The molecule has 2 rings (SSSR count). The lowest BCUT2D eigenvalue weighted by molar-refractivity contribution is -0.135. The zero-order chi connectivity index (χ0) is 18.8. The molecule has 1 aliphatic heterocycles. The van der Waals surface area contributed by atoms with Gasteiger partial charge in [0, 0.05) is 38.1 Å². The molecule has 2 fully saturated rings. The van der Waals surface area contributed by atoms with E-state index in [4.69, 9.17) is 0 Å². The Morgan fingerprint density at radius 2 is 1.85 bits per heavy atom. The van der Waals surface area contributed by atoms with E-state index in [0.29, 0.717) is 18.4 Å². The molecular formula is C19H35N5O2. The molecule has 2 amide bonds. The van der Waals surface area contributed by atoms with Crippen LogP contribution in [0.4, 0.5) is 0 Å². The highest BCUT2D eigenvalue weighted by Gasteiger charge is 2.31. The summed E-state index contributed by atoms with van der Waals surface area (Å²) in [4.78, 5) is 30.8. The molecule has 2 aliphatic rings. The van der Waals surface area contributed by atoms with Gasteiger partial charge in [-0.3, -0.25) is 9.59 Å². The molecule has 148 valence electrons. The molecule has 1 atom stereocenters.